The van der Waals surface area contributed by atoms with Crippen molar-refractivity contribution in [3.8, 4) is 11.4 Å². The molecule has 0 spiro atoms. The lowest BCUT2D eigenvalue weighted by Crippen LogP contribution is -2.51. The average molecular weight is 464 g/mol. The van der Waals surface area contributed by atoms with Gasteiger partial charge < -0.3 is 20.7 Å². The van der Waals surface area contributed by atoms with Gasteiger partial charge in [-0.05, 0) is 62.8 Å². The van der Waals surface area contributed by atoms with Gasteiger partial charge in [0, 0.05) is 29.7 Å². The van der Waals surface area contributed by atoms with Crippen LogP contribution in [-0.2, 0) is 11.3 Å². The minimum absolute atomic E-state index is 0.187. The summed E-state index contributed by atoms with van der Waals surface area (Å²) in [6, 6.07) is 5.15. The number of rotatable bonds is 6. The van der Waals surface area contributed by atoms with Gasteiger partial charge in [0.25, 0.3) is 0 Å². The van der Waals surface area contributed by atoms with Gasteiger partial charge in [0.15, 0.2) is 11.6 Å². The van der Waals surface area contributed by atoms with Gasteiger partial charge in [-0.1, -0.05) is 0 Å². The van der Waals surface area contributed by atoms with E-state index >= 15 is 0 Å². The molecule has 2 bridgehead atoms. The van der Waals surface area contributed by atoms with Gasteiger partial charge in [-0.25, -0.2) is 18.9 Å². The third-order valence-electron chi connectivity index (χ3n) is 7.49. The Balaban J connectivity index is 1.49. The van der Waals surface area contributed by atoms with E-state index in [0.717, 1.165) is 36.9 Å². The van der Waals surface area contributed by atoms with Crippen molar-refractivity contribution in [3.63, 3.8) is 0 Å². The molecule has 0 amide bonds. The lowest BCUT2D eigenvalue weighted by atomic mass is 9.61. The van der Waals surface area contributed by atoms with Gasteiger partial charge in [0.05, 0.1) is 17.8 Å². The molecule has 1 unspecified atom stereocenters. The molecule has 9 nitrogen and oxygen atoms in total. The Morgan fingerprint density at radius 2 is 2.06 bits per heavy atom. The van der Waals surface area contributed by atoms with Crippen LogP contribution in [0.1, 0.15) is 31.4 Å². The average Bonchev–Trinajstić information content (AvgIpc) is 3.44. The first kappa shape index (κ1) is 21.0. The first-order valence-corrected chi connectivity index (χ1v) is 11.7. The van der Waals surface area contributed by atoms with E-state index in [1.54, 1.807) is 6.20 Å². The lowest BCUT2D eigenvalue weighted by molar-refractivity contribution is -0.148. The molecule has 176 valence electrons. The Bertz CT molecular complexity index is 1390. The van der Waals surface area contributed by atoms with E-state index in [4.69, 9.17) is 10.1 Å². The van der Waals surface area contributed by atoms with Gasteiger partial charge in [0.2, 0.25) is 0 Å². The van der Waals surface area contributed by atoms with Crippen LogP contribution < -0.4 is 10.6 Å². The van der Waals surface area contributed by atoms with Crippen LogP contribution in [0.2, 0.25) is 0 Å². The van der Waals surface area contributed by atoms with Crippen molar-refractivity contribution >= 4 is 28.3 Å². The van der Waals surface area contributed by atoms with E-state index in [-0.39, 0.29) is 12.0 Å². The van der Waals surface area contributed by atoms with Crippen LogP contribution in [0.25, 0.3) is 27.9 Å². The number of nitrogens with zero attached hydrogens (tertiary/aromatic N) is 4. The summed E-state index contributed by atoms with van der Waals surface area (Å²) in [7, 11) is 1.87. The maximum absolute atomic E-state index is 14.0. The number of nitrogens with one attached hydrogen (secondary N) is 3. The van der Waals surface area contributed by atoms with Crippen LogP contribution in [0, 0.1) is 23.6 Å². The number of halogens is 1. The fourth-order valence-electron chi connectivity index (χ4n) is 5.92. The monoisotopic (exact) mass is 463 g/mol. The van der Waals surface area contributed by atoms with E-state index < -0.39 is 17.7 Å². The highest BCUT2D eigenvalue weighted by Gasteiger charge is 2.47. The summed E-state index contributed by atoms with van der Waals surface area (Å²) in [6.45, 7) is 0.597. The molecule has 0 radical (unpaired) electrons. The summed E-state index contributed by atoms with van der Waals surface area (Å²) in [5, 5.41) is 22.1. The molecule has 0 saturated heterocycles. The zero-order chi connectivity index (χ0) is 23.4. The van der Waals surface area contributed by atoms with E-state index in [9.17, 15) is 14.3 Å². The molecule has 7 rings (SSSR count). The zero-order valence-corrected chi connectivity index (χ0v) is 18.8. The normalized spacial score (nSPS) is 24.2. The molecule has 0 aromatic carbocycles. The summed E-state index contributed by atoms with van der Waals surface area (Å²) in [6.07, 6.45) is 6.89. The van der Waals surface area contributed by atoms with Gasteiger partial charge >= 0.3 is 5.97 Å². The molecule has 3 saturated carbocycles. The molecule has 10 heteroatoms. The summed E-state index contributed by atoms with van der Waals surface area (Å²) in [4.78, 5) is 24.2. The Kier molecular flexibility index (Phi) is 4.98. The van der Waals surface area contributed by atoms with Gasteiger partial charge in [0.1, 0.15) is 17.0 Å². The minimum atomic E-state index is -0.748. The maximum Gasteiger partial charge on any atom is 0.308 e. The molecule has 2 atom stereocenters. The van der Waals surface area contributed by atoms with Gasteiger partial charge in [-0.15, -0.1) is 5.10 Å². The molecule has 3 aliphatic rings. The maximum atomic E-state index is 14.0. The zero-order valence-electron chi connectivity index (χ0n) is 18.8. The molecule has 3 aliphatic carbocycles. The number of pyridine rings is 1. The molecule has 4 aromatic rings. The van der Waals surface area contributed by atoms with Gasteiger partial charge in [-0.3, -0.25) is 4.79 Å². The third-order valence-corrected chi connectivity index (χ3v) is 7.49. The smallest absolute Gasteiger partial charge is 0.308 e. The quantitative estimate of drug-likeness (QED) is 0.346. The second-order valence-corrected chi connectivity index (χ2v) is 9.40. The molecular weight excluding hydrogens is 437 g/mol. The van der Waals surface area contributed by atoms with Crippen LogP contribution in [0.15, 0.2) is 30.6 Å². The van der Waals surface area contributed by atoms with Crippen LogP contribution in [0.3, 0.4) is 0 Å². The number of aromatic amines is 1. The number of anilines is 1. The molecule has 0 aliphatic heterocycles. The Hall–Kier alpha value is -3.53. The Morgan fingerprint density at radius 3 is 2.82 bits per heavy atom. The highest BCUT2D eigenvalue weighted by Crippen LogP contribution is 2.46. The number of fused-ring (bicyclic) bond motifs is 5. The number of carboxylic acid groups (broad SMARTS) is 1. The highest BCUT2D eigenvalue weighted by atomic mass is 19.1. The van der Waals surface area contributed by atoms with Crippen LogP contribution in [-0.4, -0.2) is 48.7 Å². The number of hydrogen-bond donors (Lipinski definition) is 4. The van der Waals surface area contributed by atoms with Gasteiger partial charge in [-0.2, -0.15) is 0 Å². The van der Waals surface area contributed by atoms with E-state index in [0.29, 0.717) is 40.7 Å². The number of aliphatic carboxylic acids is 1. The molecule has 3 fully saturated rings. The second kappa shape index (κ2) is 8.05. The second-order valence-electron chi connectivity index (χ2n) is 9.40. The molecular formula is C24H26FN7O2. The predicted octanol–water partition coefficient (Wildman–Crippen LogP) is 3.43. The number of aromatic nitrogens is 5. The van der Waals surface area contributed by atoms with Crippen LogP contribution >= 0.6 is 0 Å². The van der Waals surface area contributed by atoms with Crippen molar-refractivity contribution in [1.82, 2.24) is 29.9 Å². The number of carboxylic acids is 1. The summed E-state index contributed by atoms with van der Waals surface area (Å²) in [5.74, 6) is -0.142. The van der Waals surface area contributed by atoms with E-state index in [1.807, 2.05) is 23.7 Å². The fourth-order valence-corrected chi connectivity index (χ4v) is 5.92. The lowest BCUT2D eigenvalue weighted by Gasteiger charge is -2.47. The number of carbonyl (C=O) groups is 1. The third kappa shape index (κ3) is 3.32. The first-order valence-electron chi connectivity index (χ1n) is 11.7. The summed E-state index contributed by atoms with van der Waals surface area (Å²) >= 11 is 0. The number of H-pyrrole nitrogens is 1. The molecule has 4 heterocycles. The minimum Gasteiger partial charge on any atom is -0.481 e. The van der Waals surface area contributed by atoms with E-state index in [2.05, 4.69) is 20.6 Å². The Labute approximate surface area is 194 Å². The van der Waals surface area contributed by atoms with Crippen molar-refractivity contribution in [1.29, 1.82) is 0 Å². The number of hydrogen-bond acceptors (Lipinski definition) is 6. The van der Waals surface area contributed by atoms with Crippen LogP contribution in [0.4, 0.5) is 10.2 Å². The fraction of sp³-hybridized carbons (Fsp3) is 0.417. The van der Waals surface area contributed by atoms with Crippen molar-refractivity contribution in [2.75, 3.05) is 12.4 Å². The summed E-state index contributed by atoms with van der Waals surface area (Å²) < 4.78 is 15.8. The highest BCUT2D eigenvalue weighted by molar-refractivity contribution is 5.92. The SMILES string of the molecule is CNCc1ccc2c(NC3[C@H]4CC[C@H](CC4)[C@@H]3C(=O)O)nc(-c3c[nH]c4ncc(F)cc34)nn12. The van der Waals surface area contributed by atoms with Crippen molar-refractivity contribution in [2.45, 2.75) is 38.3 Å². The van der Waals surface area contributed by atoms with Crippen molar-refractivity contribution < 1.29 is 14.3 Å². The largest absolute Gasteiger partial charge is 0.481 e. The standard InChI is InChI=1S/C24H26FN7O2/c1-26-10-15-6-7-18-23(29-20-13-4-2-12(3-5-13)19(20)24(33)34)30-22(31-32(15)18)17-11-28-21-16(17)8-14(25)9-27-21/h6-9,11-13,19-20,26H,2-5,10H2,1H3,(H,27,28)(H,33,34)(H,29,30,31)/t12-,13+,19-,20?/m0/s1. The Morgan fingerprint density at radius 1 is 1.26 bits per heavy atom. The van der Waals surface area contributed by atoms with Crippen molar-refractivity contribution in [2.24, 2.45) is 17.8 Å². The summed E-state index contributed by atoms with van der Waals surface area (Å²) in [5.41, 5.74) is 2.90. The van der Waals surface area contributed by atoms with Crippen LogP contribution in [0.5, 0.6) is 0 Å². The predicted molar refractivity (Wildman–Crippen MR) is 125 cm³/mol. The first-order chi connectivity index (χ1) is 16.5. The topological polar surface area (TPSA) is 120 Å². The molecule has 4 aromatic heterocycles. The molecule has 4 N–H and O–H groups in total. The van der Waals surface area contributed by atoms with Crippen molar-refractivity contribution in [3.05, 3.63) is 42.1 Å². The molecule has 34 heavy (non-hydrogen) atoms. The van der Waals surface area contributed by atoms with E-state index in [1.165, 1.54) is 12.3 Å².